The predicted molar refractivity (Wildman–Crippen MR) is 89.4 cm³/mol. The molecule has 0 aliphatic rings. The zero-order chi connectivity index (χ0) is 16.2. The van der Waals surface area contributed by atoms with Crippen LogP contribution in [0.1, 0.15) is 5.56 Å². The van der Waals surface area contributed by atoms with Gasteiger partial charge in [-0.1, -0.05) is 35.9 Å². The summed E-state index contributed by atoms with van der Waals surface area (Å²) >= 11 is 6.17. The molecule has 0 atom stereocenters. The van der Waals surface area contributed by atoms with Crippen LogP contribution in [0.15, 0.2) is 71.7 Å². The molecule has 0 aliphatic heterocycles. The molecule has 23 heavy (non-hydrogen) atoms. The third kappa shape index (κ3) is 3.73. The lowest BCUT2D eigenvalue weighted by Crippen LogP contribution is -2.18. The Kier molecular flexibility index (Phi) is 4.35. The van der Waals surface area contributed by atoms with Crippen LogP contribution in [0.4, 0.5) is 0 Å². The Hall–Kier alpha value is -2.72. The van der Waals surface area contributed by atoms with Gasteiger partial charge in [0.1, 0.15) is 17.2 Å². The number of para-hydroxylation sites is 1. The topological polar surface area (TPSA) is 51.5 Å². The average Bonchev–Trinajstić information content (AvgIpc) is 2.54. The Balaban J connectivity index is 1.86. The van der Waals surface area contributed by atoms with E-state index in [2.05, 4.69) is 0 Å². The molecule has 0 saturated carbocycles. The molecule has 0 bridgehead atoms. The van der Waals surface area contributed by atoms with Gasteiger partial charge in [0.05, 0.1) is 11.6 Å². The molecular weight excluding hydrogens is 314 g/mol. The van der Waals surface area contributed by atoms with Crippen LogP contribution >= 0.6 is 11.6 Å². The van der Waals surface area contributed by atoms with Crippen LogP contribution in [0.3, 0.4) is 0 Å². The second kappa shape index (κ2) is 6.58. The maximum atomic E-state index is 11.8. The molecule has 5 heteroatoms. The smallest absolute Gasteiger partial charge is 0.254 e. The summed E-state index contributed by atoms with van der Waals surface area (Å²) in [4.78, 5) is 11.8. The van der Waals surface area contributed by atoms with E-state index in [0.717, 1.165) is 5.56 Å². The first-order chi connectivity index (χ1) is 11.1. The van der Waals surface area contributed by atoms with Crippen molar-refractivity contribution in [3.8, 4) is 17.2 Å². The molecule has 1 N–H and O–H groups in total. The standard InChI is InChI=1S/C18H14ClNO3/c19-16-7-6-13(12-20-9-8-14(21)11-18(20)22)10-17(16)23-15-4-2-1-3-5-15/h1-11,21H,12H2. The van der Waals surface area contributed by atoms with Gasteiger partial charge in [0, 0.05) is 12.3 Å². The minimum Gasteiger partial charge on any atom is -0.508 e. The maximum absolute atomic E-state index is 11.8. The number of pyridine rings is 1. The average molecular weight is 328 g/mol. The Morgan fingerprint density at radius 2 is 1.83 bits per heavy atom. The van der Waals surface area contributed by atoms with Crippen LogP contribution in [-0.2, 0) is 6.54 Å². The molecule has 3 rings (SSSR count). The van der Waals surface area contributed by atoms with Crippen molar-refractivity contribution in [2.45, 2.75) is 6.54 Å². The number of hydrogen-bond acceptors (Lipinski definition) is 3. The highest BCUT2D eigenvalue weighted by Crippen LogP contribution is 2.30. The van der Waals surface area contributed by atoms with E-state index in [1.54, 1.807) is 18.3 Å². The van der Waals surface area contributed by atoms with Gasteiger partial charge in [-0.2, -0.15) is 0 Å². The maximum Gasteiger partial charge on any atom is 0.254 e. The molecule has 1 heterocycles. The Labute approximate surface area is 138 Å². The quantitative estimate of drug-likeness (QED) is 0.786. The molecule has 0 amide bonds. The summed E-state index contributed by atoms with van der Waals surface area (Å²) in [6.07, 6.45) is 1.55. The van der Waals surface area contributed by atoms with Crippen LogP contribution in [-0.4, -0.2) is 9.67 Å². The summed E-state index contributed by atoms with van der Waals surface area (Å²) in [6, 6.07) is 17.4. The lowest BCUT2D eigenvalue weighted by atomic mass is 10.2. The largest absolute Gasteiger partial charge is 0.508 e. The SMILES string of the molecule is O=c1cc(O)ccn1Cc1ccc(Cl)c(Oc2ccccc2)c1. The lowest BCUT2D eigenvalue weighted by Gasteiger charge is -2.11. The summed E-state index contributed by atoms with van der Waals surface area (Å²) in [5, 5.41) is 9.79. The van der Waals surface area contributed by atoms with E-state index in [1.807, 2.05) is 36.4 Å². The van der Waals surface area contributed by atoms with Crippen molar-refractivity contribution >= 4 is 11.6 Å². The van der Waals surface area contributed by atoms with Crippen molar-refractivity contribution in [1.29, 1.82) is 0 Å². The fourth-order valence-corrected chi connectivity index (χ4v) is 2.32. The number of ether oxygens (including phenoxy) is 1. The van der Waals surface area contributed by atoms with Gasteiger partial charge in [-0.25, -0.2) is 0 Å². The van der Waals surface area contributed by atoms with Crippen molar-refractivity contribution < 1.29 is 9.84 Å². The number of benzene rings is 2. The van der Waals surface area contributed by atoms with Gasteiger partial charge in [-0.05, 0) is 35.9 Å². The van der Waals surface area contributed by atoms with Crippen molar-refractivity contribution in [2.24, 2.45) is 0 Å². The van der Waals surface area contributed by atoms with Crippen molar-refractivity contribution in [3.05, 3.63) is 87.8 Å². The first kappa shape index (κ1) is 15.2. The molecule has 0 spiro atoms. The molecule has 2 aromatic carbocycles. The highest BCUT2D eigenvalue weighted by Gasteiger charge is 2.06. The van der Waals surface area contributed by atoms with Crippen LogP contribution in [0, 0.1) is 0 Å². The number of aromatic hydroxyl groups is 1. The third-order valence-electron chi connectivity index (χ3n) is 3.30. The molecule has 116 valence electrons. The fraction of sp³-hybridized carbons (Fsp3) is 0.0556. The highest BCUT2D eigenvalue weighted by molar-refractivity contribution is 6.32. The van der Waals surface area contributed by atoms with Crippen LogP contribution in [0.2, 0.25) is 5.02 Å². The molecule has 0 saturated heterocycles. The summed E-state index contributed by atoms with van der Waals surface area (Å²) in [5.74, 6) is 1.17. The molecule has 1 aromatic heterocycles. The molecule has 0 fully saturated rings. The fourth-order valence-electron chi connectivity index (χ4n) is 2.16. The molecule has 0 unspecified atom stereocenters. The Bertz CT molecular complexity index is 875. The summed E-state index contributed by atoms with van der Waals surface area (Å²) in [5.41, 5.74) is 0.596. The van der Waals surface area contributed by atoms with E-state index in [9.17, 15) is 9.90 Å². The zero-order valence-electron chi connectivity index (χ0n) is 12.1. The van der Waals surface area contributed by atoms with E-state index >= 15 is 0 Å². The number of halogens is 1. The van der Waals surface area contributed by atoms with Crippen molar-refractivity contribution in [3.63, 3.8) is 0 Å². The van der Waals surface area contributed by atoms with E-state index < -0.39 is 0 Å². The van der Waals surface area contributed by atoms with E-state index in [-0.39, 0.29) is 11.3 Å². The van der Waals surface area contributed by atoms with Gasteiger partial charge >= 0.3 is 0 Å². The minimum absolute atomic E-state index is 0.0459. The monoisotopic (exact) mass is 327 g/mol. The molecule has 0 radical (unpaired) electrons. The van der Waals surface area contributed by atoms with Crippen LogP contribution in [0.25, 0.3) is 0 Å². The Morgan fingerprint density at radius 1 is 1.04 bits per heavy atom. The van der Waals surface area contributed by atoms with Gasteiger partial charge in [-0.15, -0.1) is 0 Å². The van der Waals surface area contributed by atoms with Gasteiger partial charge in [0.15, 0.2) is 0 Å². The van der Waals surface area contributed by atoms with Crippen LogP contribution in [0.5, 0.6) is 17.2 Å². The van der Waals surface area contributed by atoms with Gasteiger partial charge in [0.2, 0.25) is 0 Å². The summed E-state index contributed by atoms with van der Waals surface area (Å²) in [7, 11) is 0. The van der Waals surface area contributed by atoms with E-state index in [4.69, 9.17) is 16.3 Å². The minimum atomic E-state index is -0.273. The van der Waals surface area contributed by atoms with Gasteiger partial charge in [0.25, 0.3) is 5.56 Å². The normalized spacial score (nSPS) is 10.5. The zero-order valence-corrected chi connectivity index (χ0v) is 12.9. The molecule has 3 aromatic rings. The lowest BCUT2D eigenvalue weighted by molar-refractivity contribution is 0.471. The van der Waals surface area contributed by atoms with Crippen molar-refractivity contribution in [2.75, 3.05) is 0 Å². The predicted octanol–water partition coefficient (Wildman–Crippen LogP) is 4.05. The van der Waals surface area contributed by atoms with Gasteiger partial charge in [-0.3, -0.25) is 4.79 Å². The van der Waals surface area contributed by atoms with Crippen molar-refractivity contribution in [1.82, 2.24) is 4.57 Å². The van der Waals surface area contributed by atoms with Crippen LogP contribution < -0.4 is 10.3 Å². The molecule has 4 nitrogen and oxygen atoms in total. The highest BCUT2D eigenvalue weighted by atomic mass is 35.5. The van der Waals surface area contributed by atoms with E-state index in [0.29, 0.717) is 23.1 Å². The first-order valence-corrected chi connectivity index (χ1v) is 7.40. The summed E-state index contributed by atoms with van der Waals surface area (Å²) < 4.78 is 7.27. The number of hydrogen-bond donors (Lipinski definition) is 1. The molecular formula is C18H14ClNO3. The number of aromatic nitrogens is 1. The number of rotatable bonds is 4. The molecule has 0 aliphatic carbocycles. The van der Waals surface area contributed by atoms with E-state index in [1.165, 1.54) is 16.7 Å². The van der Waals surface area contributed by atoms with Gasteiger partial charge < -0.3 is 14.4 Å². The second-order valence-corrected chi connectivity index (χ2v) is 5.44. The third-order valence-corrected chi connectivity index (χ3v) is 3.61. The second-order valence-electron chi connectivity index (χ2n) is 5.03. The Morgan fingerprint density at radius 3 is 2.57 bits per heavy atom. The number of nitrogens with zero attached hydrogens (tertiary/aromatic N) is 1. The summed E-state index contributed by atoms with van der Waals surface area (Å²) in [6.45, 7) is 0.363. The first-order valence-electron chi connectivity index (χ1n) is 7.02.